The Morgan fingerprint density at radius 2 is 2.19 bits per heavy atom. The average molecular weight is 331 g/mol. The monoisotopic (exact) mass is 330 g/mol. The second kappa shape index (κ2) is 6.66. The van der Waals surface area contributed by atoms with E-state index in [1.165, 1.54) is 0 Å². The Labute approximate surface area is 130 Å². The van der Waals surface area contributed by atoms with Gasteiger partial charge in [0.1, 0.15) is 0 Å². The maximum Gasteiger partial charge on any atom is 0.222 e. The molecule has 7 heteroatoms. The van der Waals surface area contributed by atoms with Gasteiger partial charge in [-0.3, -0.25) is 4.79 Å². The van der Waals surface area contributed by atoms with Crippen LogP contribution in [0.1, 0.15) is 18.4 Å². The Morgan fingerprint density at radius 1 is 1.43 bits per heavy atom. The fourth-order valence-corrected chi connectivity index (χ4v) is 4.24. The normalized spacial score (nSPS) is 20.2. The van der Waals surface area contributed by atoms with Crippen LogP contribution in [0, 0.1) is 6.92 Å². The molecule has 1 aromatic carbocycles. The van der Waals surface area contributed by atoms with Crippen LogP contribution >= 0.6 is 11.6 Å². The van der Waals surface area contributed by atoms with Gasteiger partial charge in [-0.1, -0.05) is 11.6 Å². The highest BCUT2D eigenvalue weighted by Crippen LogP contribution is 2.19. The van der Waals surface area contributed by atoms with Crippen molar-refractivity contribution in [1.82, 2.24) is 5.32 Å². The van der Waals surface area contributed by atoms with E-state index in [9.17, 15) is 13.2 Å². The number of hydrogen-bond acceptors (Lipinski definition) is 4. The van der Waals surface area contributed by atoms with E-state index in [4.69, 9.17) is 11.6 Å². The second-order valence-electron chi connectivity index (χ2n) is 5.30. The van der Waals surface area contributed by atoms with Crippen LogP contribution in [0.4, 0.5) is 5.69 Å². The number of halogens is 1. The summed E-state index contributed by atoms with van der Waals surface area (Å²) < 4.78 is 22.6. The molecule has 1 heterocycles. The molecule has 1 amide bonds. The first-order valence-electron chi connectivity index (χ1n) is 6.85. The third-order valence-electron chi connectivity index (χ3n) is 3.45. The predicted octanol–water partition coefficient (Wildman–Crippen LogP) is 1.75. The molecular weight excluding hydrogens is 312 g/mol. The molecule has 0 saturated carbocycles. The van der Waals surface area contributed by atoms with Gasteiger partial charge in [-0.2, -0.15) is 0 Å². The highest BCUT2D eigenvalue weighted by atomic mass is 35.5. The molecule has 1 aromatic rings. The zero-order chi connectivity index (χ0) is 15.5. The topological polar surface area (TPSA) is 75.3 Å². The van der Waals surface area contributed by atoms with Crippen LogP contribution in [0.3, 0.4) is 0 Å². The van der Waals surface area contributed by atoms with E-state index in [-0.39, 0.29) is 23.5 Å². The van der Waals surface area contributed by atoms with Gasteiger partial charge in [-0.25, -0.2) is 8.42 Å². The fraction of sp³-hybridized carbons (Fsp3) is 0.500. The summed E-state index contributed by atoms with van der Waals surface area (Å²) in [5, 5.41) is 6.62. The van der Waals surface area contributed by atoms with Gasteiger partial charge in [0.05, 0.1) is 11.5 Å². The quantitative estimate of drug-likeness (QED) is 0.862. The summed E-state index contributed by atoms with van der Waals surface area (Å²) in [5.41, 5.74) is 1.96. The number of anilines is 1. The second-order valence-corrected chi connectivity index (χ2v) is 7.97. The Hall–Kier alpha value is -1.27. The van der Waals surface area contributed by atoms with Gasteiger partial charge < -0.3 is 10.6 Å². The zero-order valence-corrected chi connectivity index (χ0v) is 13.4. The van der Waals surface area contributed by atoms with Gasteiger partial charge in [0.15, 0.2) is 9.84 Å². The lowest BCUT2D eigenvalue weighted by atomic mass is 10.2. The minimum Gasteiger partial charge on any atom is -0.384 e. The Kier molecular flexibility index (Phi) is 5.11. The SMILES string of the molecule is Cc1cc(Cl)ccc1NCCC(=O)NC1CCS(=O)(=O)C1. The van der Waals surface area contributed by atoms with Crippen LogP contribution in [-0.4, -0.2) is 38.4 Å². The molecular formula is C14H19ClN2O3S. The molecule has 1 aliphatic heterocycles. The van der Waals surface area contributed by atoms with Crippen molar-refractivity contribution in [3.63, 3.8) is 0 Å². The van der Waals surface area contributed by atoms with Gasteiger partial charge in [0.25, 0.3) is 0 Å². The lowest BCUT2D eigenvalue weighted by molar-refractivity contribution is -0.121. The van der Waals surface area contributed by atoms with E-state index >= 15 is 0 Å². The van der Waals surface area contributed by atoms with E-state index in [1.807, 2.05) is 19.1 Å². The van der Waals surface area contributed by atoms with Crippen LogP contribution in [0.2, 0.25) is 5.02 Å². The maximum atomic E-state index is 11.8. The van der Waals surface area contributed by atoms with Crippen molar-refractivity contribution in [3.05, 3.63) is 28.8 Å². The molecule has 0 spiro atoms. The third-order valence-corrected chi connectivity index (χ3v) is 5.46. The highest BCUT2D eigenvalue weighted by Gasteiger charge is 2.28. The summed E-state index contributed by atoms with van der Waals surface area (Å²) in [6, 6.07) is 5.28. The van der Waals surface area contributed by atoms with Crippen molar-refractivity contribution in [2.75, 3.05) is 23.4 Å². The molecule has 0 radical (unpaired) electrons. The zero-order valence-electron chi connectivity index (χ0n) is 11.9. The fourth-order valence-electron chi connectivity index (χ4n) is 2.34. The third kappa shape index (κ3) is 4.89. The summed E-state index contributed by atoms with van der Waals surface area (Å²) in [6.07, 6.45) is 0.816. The number of nitrogens with one attached hydrogen (secondary N) is 2. The van der Waals surface area contributed by atoms with E-state index in [2.05, 4.69) is 10.6 Å². The van der Waals surface area contributed by atoms with Gasteiger partial charge in [0.2, 0.25) is 5.91 Å². The van der Waals surface area contributed by atoms with Crippen molar-refractivity contribution < 1.29 is 13.2 Å². The smallest absolute Gasteiger partial charge is 0.222 e. The summed E-state index contributed by atoms with van der Waals surface area (Å²) in [5.74, 6) is 0.0963. The van der Waals surface area contributed by atoms with Crippen molar-refractivity contribution in [2.24, 2.45) is 0 Å². The molecule has 1 saturated heterocycles. The van der Waals surface area contributed by atoms with Crippen molar-refractivity contribution in [1.29, 1.82) is 0 Å². The van der Waals surface area contributed by atoms with Crippen molar-refractivity contribution in [3.8, 4) is 0 Å². The molecule has 1 fully saturated rings. The van der Waals surface area contributed by atoms with E-state index < -0.39 is 9.84 Å². The molecule has 0 aromatic heterocycles. The van der Waals surface area contributed by atoms with Crippen LogP contribution in [0.25, 0.3) is 0 Å². The van der Waals surface area contributed by atoms with E-state index in [0.29, 0.717) is 24.4 Å². The summed E-state index contributed by atoms with van der Waals surface area (Å²) in [6.45, 7) is 2.44. The van der Waals surface area contributed by atoms with Crippen LogP contribution in [-0.2, 0) is 14.6 Å². The van der Waals surface area contributed by atoms with Crippen molar-refractivity contribution in [2.45, 2.75) is 25.8 Å². The Balaban J connectivity index is 1.74. The lowest BCUT2D eigenvalue weighted by Gasteiger charge is -2.12. The van der Waals surface area contributed by atoms with Crippen LogP contribution in [0.15, 0.2) is 18.2 Å². The standard InChI is InChI=1S/C14H19ClN2O3S/c1-10-8-11(15)2-3-13(10)16-6-4-14(18)17-12-5-7-21(19,20)9-12/h2-3,8,12,16H,4-7,9H2,1H3,(H,17,18). The van der Waals surface area contributed by atoms with Crippen molar-refractivity contribution >= 4 is 33.0 Å². The molecule has 2 N–H and O–H groups in total. The number of aryl methyl sites for hydroxylation is 1. The Morgan fingerprint density at radius 3 is 2.81 bits per heavy atom. The minimum atomic E-state index is -2.96. The largest absolute Gasteiger partial charge is 0.384 e. The van der Waals surface area contributed by atoms with Gasteiger partial charge in [-0.05, 0) is 37.1 Å². The molecule has 1 atom stereocenters. The van der Waals surface area contributed by atoms with E-state index in [1.54, 1.807) is 6.07 Å². The molecule has 0 bridgehead atoms. The predicted molar refractivity (Wildman–Crippen MR) is 84.5 cm³/mol. The molecule has 1 unspecified atom stereocenters. The minimum absolute atomic E-state index is 0.0580. The Bertz CT molecular complexity index is 631. The molecule has 0 aliphatic carbocycles. The summed E-state index contributed by atoms with van der Waals surface area (Å²) >= 11 is 5.88. The van der Waals surface area contributed by atoms with Gasteiger partial charge in [-0.15, -0.1) is 0 Å². The first-order chi connectivity index (χ1) is 9.85. The maximum absolute atomic E-state index is 11.8. The first kappa shape index (κ1) is 16.1. The van der Waals surface area contributed by atoms with Crippen LogP contribution in [0.5, 0.6) is 0 Å². The molecule has 1 aliphatic rings. The number of amides is 1. The van der Waals surface area contributed by atoms with Gasteiger partial charge in [0, 0.05) is 29.7 Å². The van der Waals surface area contributed by atoms with Gasteiger partial charge >= 0.3 is 0 Å². The number of carbonyl (C=O) groups is 1. The molecule has 21 heavy (non-hydrogen) atoms. The molecule has 5 nitrogen and oxygen atoms in total. The molecule has 116 valence electrons. The highest BCUT2D eigenvalue weighted by molar-refractivity contribution is 7.91. The lowest BCUT2D eigenvalue weighted by Crippen LogP contribution is -2.36. The van der Waals surface area contributed by atoms with E-state index in [0.717, 1.165) is 11.3 Å². The molecule has 2 rings (SSSR count). The average Bonchev–Trinajstić information content (AvgIpc) is 2.71. The first-order valence-corrected chi connectivity index (χ1v) is 9.05. The van der Waals surface area contributed by atoms with Crippen LogP contribution < -0.4 is 10.6 Å². The summed E-state index contributed by atoms with van der Waals surface area (Å²) in [7, 11) is -2.96. The number of benzene rings is 1. The number of sulfone groups is 1. The number of hydrogen-bond donors (Lipinski definition) is 2. The summed E-state index contributed by atoms with van der Waals surface area (Å²) in [4.78, 5) is 11.8. The number of carbonyl (C=O) groups excluding carboxylic acids is 1. The number of rotatable bonds is 5.